The smallest absolute Gasteiger partial charge is 0.276 e. The van der Waals surface area contributed by atoms with Crippen molar-refractivity contribution < 1.29 is 14.0 Å². The number of aromatic nitrogens is 3. The normalized spacial score (nSPS) is 15.3. The van der Waals surface area contributed by atoms with Gasteiger partial charge in [-0.25, -0.2) is 4.39 Å². The van der Waals surface area contributed by atoms with Gasteiger partial charge in [0.1, 0.15) is 5.82 Å². The van der Waals surface area contributed by atoms with Gasteiger partial charge in [0, 0.05) is 31.7 Å². The molecule has 3 rings (SSSR count). The summed E-state index contributed by atoms with van der Waals surface area (Å²) in [5.41, 5.74) is 0.580. The van der Waals surface area contributed by atoms with Crippen LogP contribution in [0, 0.1) is 5.82 Å². The van der Waals surface area contributed by atoms with E-state index >= 15 is 0 Å². The molecule has 1 aliphatic rings. The van der Waals surface area contributed by atoms with Crippen LogP contribution in [-0.2, 0) is 0 Å². The van der Waals surface area contributed by atoms with Crippen molar-refractivity contribution in [3.63, 3.8) is 0 Å². The Bertz CT molecular complexity index is 704. The SMILES string of the molecule is O=C(c1cccc(F)c1)N1CCCN(C(=O)c2cn[nH]n2)CC1. The minimum Gasteiger partial charge on any atom is -0.337 e. The van der Waals surface area contributed by atoms with Gasteiger partial charge in [-0.05, 0) is 24.6 Å². The molecule has 2 aromatic rings. The van der Waals surface area contributed by atoms with Gasteiger partial charge in [-0.15, -0.1) is 0 Å². The van der Waals surface area contributed by atoms with Crippen LogP contribution in [0.25, 0.3) is 0 Å². The van der Waals surface area contributed by atoms with E-state index in [4.69, 9.17) is 0 Å². The van der Waals surface area contributed by atoms with Crippen LogP contribution in [0.5, 0.6) is 0 Å². The molecule has 2 amide bonds. The van der Waals surface area contributed by atoms with Crippen LogP contribution in [-0.4, -0.2) is 63.2 Å². The Morgan fingerprint density at radius 2 is 1.83 bits per heavy atom. The highest BCUT2D eigenvalue weighted by Crippen LogP contribution is 2.12. The number of rotatable bonds is 2. The second-order valence-corrected chi connectivity index (χ2v) is 5.30. The Labute approximate surface area is 132 Å². The van der Waals surface area contributed by atoms with E-state index in [9.17, 15) is 14.0 Å². The highest BCUT2D eigenvalue weighted by Gasteiger charge is 2.24. The summed E-state index contributed by atoms with van der Waals surface area (Å²) in [5, 5.41) is 9.82. The molecular formula is C15H16FN5O2. The molecule has 0 atom stereocenters. The number of nitrogens with one attached hydrogen (secondary N) is 1. The van der Waals surface area contributed by atoms with Crippen LogP contribution in [0.2, 0.25) is 0 Å². The number of hydrogen-bond donors (Lipinski definition) is 1. The molecule has 1 aromatic carbocycles. The van der Waals surface area contributed by atoms with Crippen LogP contribution < -0.4 is 0 Å². The largest absolute Gasteiger partial charge is 0.337 e. The van der Waals surface area contributed by atoms with Crippen molar-refractivity contribution in [2.75, 3.05) is 26.2 Å². The van der Waals surface area contributed by atoms with Gasteiger partial charge in [0.25, 0.3) is 11.8 Å². The highest BCUT2D eigenvalue weighted by molar-refractivity contribution is 5.94. The lowest BCUT2D eigenvalue weighted by Gasteiger charge is -2.21. The van der Waals surface area contributed by atoms with Crippen molar-refractivity contribution in [1.29, 1.82) is 0 Å². The molecule has 1 aromatic heterocycles. The van der Waals surface area contributed by atoms with Gasteiger partial charge in [-0.1, -0.05) is 6.07 Å². The molecule has 1 saturated heterocycles. The lowest BCUT2D eigenvalue weighted by molar-refractivity contribution is 0.0715. The third-order valence-corrected chi connectivity index (χ3v) is 3.78. The van der Waals surface area contributed by atoms with Crippen LogP contribution >= 0.6 is 0 Å². The second-order valence-electron chi connectivity index (χ2n) is 5.30. The summed E-state index contributed by atoms with van der Waals surface area (Å²) in [4.78, 5) is 28.0. The fourth-order valence-electron chi connectivity index (χ4n) is 2.59. The molecule has 23 heavy (non-hydrogen) atoms. The number of hydrogen-bond acceptors (Lipinski definition) is 4. The van der Waals surface area contributed by atoms with Crippen molar-refractivity contribution in [2.45, 2.75) is 6.42 Å². The maximum absolute atomic E-state index is 13.3. The fraction of sp³-hybridized carbons (Fsp3) is 0.333. The standard InChI is InChI=1S/C15H16FN5O2/c16-12-4-1-3-11(9-12)14(22)20-5-2-6-21(8-7-20)15(23)13-10-17-19-18-13/h1,3-4,9-10H,2,5-8H2,(H,17,18,19). The molecule has 8 heteroatoms. The Hall–Kier alpha value is -2.77. The first-order valence-corrected chi connectivity index (χ1v) is 7.35. The minimum atomic E-state index is -0.437. The summed E-state index contributed by atoms with van der Waals surface area (Å²) in [6, 6.07) is 5.64. The number of aromatic amines is 1. The van der Waals surface area contributed by atoms with Gasteiger partial charge in [-0.3, -0.25) is 9.59 Å². The predicted octanol–water partition coefficient (Wildman–Crippen LogP) is 0.932. The highest BCUT2D eigenvalue weighted by atomic mass is 19.1. The van der Waals surface area contributed by atoms with Crippen molar-refractivity contribution in [1.82, 2.24) is 25.2 Å². The molecule has 7 nitrogen and oxygen atoms in total. The van der Waals surface area contributed by atoms with Crippen LogP contribution in [0.4, 0.5) is 4.39 Å². The van der Waals surface area contributed by atoms with Crippen molar-refractivity contribution >= 4 is 11.8 Å². The molecule has 2 heterocycles. The van der Waals surface area contributed by atoms with Crippen molar-refractivity contribution in [3.8, 4) is 0 Å². The first-order valence-electron chi connectivity index (χ1n) is 7.35. The summed E-state index contributed by atoms with van der Waals surface area (Å²) >= 11 is 0. The maximum atomic E-state index is 13.3. The molecule has 0 aliphatic carbocycles. The zero-order valence-corrected chi connectivity index (χ0v) is 12.4. The molecule has 0 bridgehead atoms. The topological polar surface area (TPSA) is 82.2 Å². The minimum absolute atomic E-state index is 0.209. The molecular weight excluding hydrogens is 301 g/mol. The Morgan fingerprint density at radius 3 is 2.48 bits per heavy atom. The van der Waals surface area contributed by atoms with Gasteiger partial charge in [0.05, 0.1) is 6.20 Å². The van der Waals surface area contributed by atoms with Crippen LogP contribution in [0.15, 0.2) is 30.5 Å². The van der Waals surface area contributed by atoms with Gasteiger partial charge in [0.2, 0.25) is 0 Å². The fourth-order valence-corrected chi connectivity index (χ4v) is 2.59. The van der Waals surface area contributed by atoms with Gasteiger partial charge < -0.3 is 9.80 Å². The second kappa shape index (κ2) is 6.55. The molecule has 120 valence electrons. The summed E-state index contributed by atoms with van der Waals surface area (Å²) in [5.74, 6) is -0.868. The van der Waals surface area contributed by atoms with E-state index in [1.807, 2.05) is 0 Å². The van der Waals surface area contributed by atoms with E-state index in [0.29, 0.717) is 38.2 Å². The Morgan fingerprint density at radius 1 is 1.09 bits per heavy atom. The Kier molecular flexibility index (Phi) is 4.31. The number of H-pyrrole nitrogens is 1. The van der Waals surface area contributed by atoms with E-state index in [1.54, 1.807) is 15.9 Å². The zero-order valence-electron chi connectivity index (χ0n) is 12.4. The predicted molar refractivity (Wildman–Crippen MR) is 79.2 cm³/mol. The van der Waals surface area contributed by atoms with E-state index in [-0.39, 0.29) is 17.5 Å². The van der Waals surface area contributed by atoms with E-state index in [0.717, 1.165) is 0 Å². The lowest BCUT2D eigenvalue weighted by Crippen LogP contribution is -2.37. The number of benzene rings is 1. The van der Waals surface area contributed by atoms with Crippen molar-refractivity contribution in [3.05, 3.63) is 47.5 Å². The number of carbonyl (C=O) groups excluding carboxylic acids is 2. The summed E-state index contributed by atoms with van der Waals surface area (Å²) in [6.45, 7) is 1.88. The monoisotopic (exact) mass is 317 g/mol. The molecule has 1 fully saturated rings. The van der Waals surface area contributed by atoms with E-state index < -0.39 is 5.82 Å². The number of amides is 2. The average molecular weight is 317 g/mol. The van der Waals surface area contributed by atoms with E-state index in [2.05, 4.69) is 15.4 Å². The molecule has 0 unspecified atom stereocenters. The average Bonchev–Trinajstić information content (AvgIpc) is 2.98. The summed E-state index contributed by atoms with van der Waals surface area (Å²) < 4.78 is 13.3. The van der Waals surface area contributed by atoms with Crippen LogP contribution in [0.3, 0.4) is 0 Å². The van der Waals surface area contributed by atoms with Gasteiger partial charge >= 0.3 is 0 Å². The third-order valence-electron chi connectivity index (χ3n) is 3.78. The molecule has 1 N–H and O–H groups in total. The van der Waals surface area contributed by atoms with Crippen LogP contribution in [0.1, 0.15) is 27.3 Å². The molecule has 1 aliphatic heterocycles. The summed E-state index contributed by atoms with van der Waals surface area (Å²) in [6.07, 6.45) is 2.04. The maximum Gasteiger partial charge on any atom is 0.276 e. The van der Waals surface area contributed by atoms with Crippen molar-refractivity contribution in [2.24, 2.45) is 0 Å². The van der Waals surface area contributed by atoms with E-state index in [1.165, 1.54) is 24.4 Å². The number of halogens is 1. The molecule has 0 saturated carbocycles. The molecule has 0 spiro atoms. The molecule has 0 radical (unpaired) electrons. The first kappa shape index (κ1) is 15.1. The first-order chi connectivity index (χ1) is 11.1. The number of carbonyl (C=O) groups is 2. The quantitative estimate of drug-likeness (QED) is 0.893. The van der Waals surface area contributed by atoms with Gasteiger partial charge in [-0.2, -0.15) is 15.4 Å². The Balaban J connectivity index is 1.66. The lowest BCUT2D eigenvalue weighted by atomic mass is 10.2. The van der Waals surface area contributed by atoms with Gasteiger partial charge in [0.15, 0.2) is 5.69 Å². The summed E-state index contributed by atoms with van der Waals surface area (Å²) in [7, 11) is 0. The third kappa shape index (κ3) is 3.36. The number of nitrogens with zero attached hydrogens (tertiary/aromatic N) is 4. The zero-order chi connectivity index (χ0) is 16.2.